The van der Waals surface area contributed by atoms with Gasteiger partial charge in [-0.05, 0) is 32.8 Å². The average molecular weight is 235 g/mol. The van der Waals surface area contributed by atoms with Crippen LogP contribution in [0, 0.1) is 0 Å². The van der Waals surface area contributed by atoms with Crippen LogP contribution < -0.4 is 5.32 Å². The highest BCUT2D eigenvalue weighted by molar-refractivity contribution is 5.19. The normalized spacial score (nSPS) is 15.6. The minimum atomic E-state index is -0.151. The van der Waals surface area contributed by atoms with Crippen molar-refractivity contribution in [3.05, 3.63) is 35.9 Å². The molecule has 0 saturated carbocycles. The van der Waals surface area contributed by atoms with E-state index in [0.29, 0.717) is 12.1 Å². The third kappa shape index (κ3) is 3.83. The lowest BCUT2D eigenvalue weighted by Gasteiger charge is -2.34. The lowest BCUT2D eigenvalue weighted by Crippen LogP contribution is -2.47. The molecule has 0 aromatic heterocycles. The van der Waals surface area contributed by atoms with E-state index < -0.39 is 0 Å². The predicted octanol–water partition coefficient (Wildman–Crippen LogP) is 3.54. The van der Waals surface area contributed by atoms with Crippen molar-refractivity contribution < 1.29 is 4.74 Å². The molecule has 17 heavy (non-hydrogen) atoms. The van der Waals surface area contributed by atoms with Gasteiger partial charge in [-0.1, -0.05) is 37.3 Å². The number of hydrogen-bond donors (Lipinski definition) is 1. The molecular formula is C15H25NO. The predicted molar refractivity (Wildman–Crippen MR) is 73.2 cm³/mol. The fraction of sp³-hybridized carbons (Fsp3) is 0.600. The molecule has 0 aliphatic heterocycles. The molecule has 0 radical (unpaired) electrons. The molecule has 0 spiro atoms. The Hall–Kier alpha value is -0.860. The van der Waals surface area contributed by atoms with E-state index >= 15 is 0 Å². The van der Waals surface area contributed by atoms with Crippen molar-refractivity contribution in [2.45, 2.75) is 51.8 Å². The molecule has 1 N–H and O–H groups in total. The summed E-state index contributed by atoms with van der Waals surface area (Å²) in [4.78, 5) is 0. The maximum Gasteiger partial charge on any atom is 0.0772 e. The zero-order valence-corrected chi connectivity index (χ0v) is 11.7. The summed E-state index contributed by atoms with van der Waals surface area (Å²) in [6, 6.07) is 11.3. The van der Waals surface area contributed by atoms with Crippen LogP contribution in [0.25, 0.3) is 0 Å². The van der Waals surface area contributed by atoms with Gasteiger partial charge in [-0.3, -0.25) is 0 Å². The molecule has 2 nitrogen and oxygen atoms in total. The number of rotatable bonds is 6. The van der Waals surface area contributed by atoms with Crippen LogP contribution in [0.5, 0.6) is 0 Å². The summed E-state index contributed by atoms with van der Waals surface area (Å²) < 4.78 is 5.52. The quantitative estimate of drug-likeness (QED) is 0.814. The summed E-state index contributed by atoms with van der Waals surface area (Å²) in [6.07, 6.45) is 1.08. The van der Waals surface area contributed by atoms with Crippen molar-refractivity contribution in [3.8, 4) is 0 Å². The average Bonchev–Trinajstić information content (AvgIpc) is 2.36. The number of benzene rings is 1. The van der Waals surface area contributed by atoms with Crippen LogP contribution in [0.3, 0.4) is 0 Å². The Kier molecular flexibility index (Phi) is 5.16. The van der Waals surface area contributed by atoms with Crippen LogP contribution in [-0.4, -0.2) is 18.8 Å². The third-order valence-corrected chi connectivity index (χ3v) is 3.63. The molecule has 1 aromatic carbocycles. The number of methoxy groups -OCH3 is 1. The topological polar surface area (TPSA) is 21.3 Å². The fourth-order valence-electron chi connectivity index (χ4n) is 1.81. The first-order valence-corrected chi connectivity index (χ1v) is 6.37. The molecular weight excluding hydrogens is 210 g/mol. The molecule has 2 atom stereocenters. The first-order valence-electron chi connectivity index (χ1n) is 6.37. The Morgan fingerprint density at radius 1 is 1.24 bits per heavy atom. The second-order valence-corrected chi connectivity index (χ2v) is 5.07. The SMILES string of the molecule is CCC(NC(C)C(C)(C)OC)c1ccccc1. The molecule has 1 aromatic rings. The molecule has 2 unspecified atom stereocenters. The van der Waals surface area contributed by atoms with Crippen molar-refractivity contribution >= 4 is 0 Å². The van der Waals surface area contributed by atoms with Gasteiger partial charge in [0.05, 0.1) is 5.60 Å². The van der Waals surface area contributed by atoms with Gasteiger partial charge in [0, 0.05) is 19.2 Å². The van der Waals surface area contributed by atoms with Crippen LogP contribution in [-0.2, 0) is 4.74 Å². The van der Waals surface area contributed by atoms with Gasteiger partial charge in [0.25, 0.3) is 0 Å². The Morgan fingerprint density at radius 2 is 1.82 bits per heavy atom. The number of ether oxygens (including phenoxy) is 1. The van der Waals surface area contributed by atoms with Gasteiger partial charge >= 0.3 is 0 Å². The second-order valence-electron chi connectivity index (χ2n) is 5.07. The van der Waals surface area contributed by atoms with Crippen LogP contribution in [0.1, 0.15) is 45.7 Å². The van der Waals surface area contributed by atoms with Gasteiger partial charge in [0.2, 0.25) is 0 Å². The Labute approximate surface area is 105 Å². The van der Waals surface area contributed by atoms with Crippen molar-refractivity contribution in [1.82, 2.24) is 5.32 Å². The molecule has 0 saturated heterocycles. The van der Waals surface area contributed by atoms with Crippen LogP contribution >= 0.6 is 0 Å². The lowest BCUT2D eigenvalue weighted by atomic mass is 9.96. The molecule has 0 heterocycles. The monoisotopic (exact) mass is 235 g/mol. The summed E-state index contributed by atoms with van der Waals surface area (Å²) in [5.41, 5.74) is 1.19. The van der Waals surface area contributed by atoms with Crippen molar-refractivity contribution in [2.24, 2.45) is 0 Å². The second kappa shape index (κ2) is 6.18. The minimum absolute atomic E-state index is 0.151. The van der Waals surface area contributed by atoms with E-state index in [4.69, 9.17) is 4.74 Å². The van der Waals surface area contributed by atoms with E-state index in [-0.39, 0.29) is 5.60 Å². The van der Waals surface area contributed by atoms with Crippen molar-refractivity contribution in [3.63, 3.8) is 0 Å². The molecule has 0 amide bonds. The molecule has 0 fully saturated rings. The Bertz CT molecular complexity index is 321. The molecule has 2 heteroatoms. The van der Waals surface area contributed by atoms with E-state index in [1.165, 1.54) is 5.56 Å². The van der Waals surface area contributed by atoms with E-state index in [0.717, 1.165) is 6.42 Å². The minimum Gasteiger partial charge on any atom is -0.377 e. The summed E-state index contributed by atoms with van der Waals surface area (Å²) >= 11 is 0. The highest BCUT2D eigenvalue weighted by Gasteiger charge is 2.27. The van der Waals surface area contributed by atoms with Crippen LogP contribution in [0.4, 0.5) is 0 Å². The van der Waals surface area contributed by atoms with E-state index in [2.05, 4.69) is 63.3 Å². The lowest BCUT2D eigenvalue weighted by molar-refractivity contribution is -0.00833. The first kappa shape index (κ1) is 14.2. The van der Waals surface area contributed by atoms with Gasteiger partial charge < -0.3 is 10.1 Å². The molecule has 96 valence electrons. The maximum atomic E-state index is 5.52. The highest BCUT2D eigenvalue weighted by Crippen LogP contribution is 2.21. The number of nitrogens with one attached hydrogen (secondary N) is 1. The Balaban J connectivity index is 2.71. The summed E-state index contributed by atoms with van der Waals surface area (Å²) in [6.45, 7) is 8.61. The largest absolute Gasteiger partial charge is 0.377 e. The zero-order chi connectivity index (χ0) is 12.9. The van der Waals surface area contributed by atoms with Gasteiger partial charge in [-0.2, -0.15) is 0 Å². The van der Waals surface area contributed by atoms with Crippen LogP contribution in [0.2, 0.25) is 0 Å². The number of hydrogen-bond acceptors (Lipinski definition) is 2. The molecule has 1 rings (SSSR count). The van der Waals surface area contributed by atoms with Gasteiger partial charge in [0.15, 0.2) is 0 Å². The van der Waals surface area contributed by atoms with Gasteiger partial charge in [-0.15, -0.1) is 0 Å². The van der Waals surface area contributed by atoms with E-state index in [9.17, 15) is 0 Å². The standard InChI is InChI=1S/C15H25NO/c1-6-14(13-10-8-7-9-11-13)16-12(2)15(3,4)17-5/h7-12,14,16H,6H2,1-5H3. The smallest absolute Gasteiger partial charge is 0.0772 e. The van der Waals surface area contributed by atoms with Gasteiger partial charge in [-0.25, -0.2) is 0 Å². The molecule has 0 aliphatic carbocycles. The maximum absolute atomic E-state index is 5.52. The molecule has 0 aliphatic rings. The zero-order valence-electron chi connectivity index (χ0n) is 11.7. The summed E-state index contributed by atoms with van der Waals surface area (Å²) in [5.74, 6) is 0. The summed E-state index contributed by atoms with van der Waals surface area (Å²) in [5, 5.41) is 3.65. The van der Waals surface area contributed by atoms with Crippen molar-refractivity contribution in [1.29, 1.82) is 0 Å². The van der Waals surface area contributed by atoms with E-state index in [1.807, 2.05) is 0 Å². The highest BCUT2D eigenvalue weighted by atomic mass is 16.5. The molecule has 0 bridgehead atoms. The Morgan fingerprint density at radius 3 is 2.29 bits per heavy atom. The van der Waals surface area contributed by atoms with Crippen molar-refractivity contribution in [2.75, 3.05) is 7.11 Å². The van der Waals surface area contributed by atoms with Crippen LogP contribution in [0.15, 0.2) is 30.3 Å². The third-order valence-electron chi connectivity index (χ3n) is 3.63. The fourth-order valence-corrected chi connectivity index (χ4v) is 1.81. The van der Waals surface area contributed by atoms with Gasteiger partial charge in [0.1, 0.15) is 0 Å². The first-order chi connectivity index (χ1) is 8.01. The summed E-state index contributed by atoms with van der Waals surface area (Å²) in [7, 11) is 1.77. The van der Waals surface area contributed by atoms with E-state index in [1.54, 1.807) is 7.11 Å².